The number of aryl methyl sites for hydroxylation is 1. The molecule has 0 aromatic carbocycles. The number of nitrogens with one attached hydrogen (secondary N) is 1. The third-order valence-electron chi connectivity index (χ3n) is 3.77. The Kier molecular flexibility index (Phi) is 4.62. The quantitative estimate of drug-likeness (QED) is 0.924. The molecule has 1 saturated heterocycles. The molecule has 1 aliphatic rings. The van der Waals surface area contributed by atoms with Crippen LogP contribution in [0.5, 0.6) is 0 Å². The zero-order chi connectivity index (χ0) is 15.4. The number of nitrogens with zero attached hydrogens (tertiary/aromatic N) is 5. The number of piperidine rings is 1. The SMILES string of the molecule is CCc1noc(CC2CCN(C(=O)Nc3nncs3)CC2)n1. The highest BCUT2D eigenvalue weighted by molar-refractivity contribution is 7.13. The predicted octanol–water partition coefficient (Wildman–Crippen LogP) is 1.97. The molecule has 3 rings (SSSR count). The van der Waals surface area contributed by atoms with Crippen LogP contribution in [0.25, 0.3) is 0 Å². The van der Waals surface area contributed by atoms with Crippen molar-refractivity contribution in [3.05, 3.63) is 17.2 Å². The van der Waals surface area contributed by atoms with Gasteiger partial charge in [-0.25, -0.2) is 4.79 Å². The van der Waals surface area contributed by atoms with Gasteiger partial charge in [-0.2, -0.15) is 4.98 Å². The normalized spacial score (nSPS) is 16.0. The summed E-state index contributed by atoms with van der Waals surface area (Å²) in [5.74, 6) is 1.94. The van der Waals surface area contributed by atoms with Crippen molar-refractivity contribution in [1.29, 1.82) is 0 Å². The Morgan fingerprint density at radius 2 is 2.32 bits per heavy atom. The van der Waals surface area contributed by atoms with Gasteiger partial charge in [-0.15, -0.1) is 10.2 Å². The van der Waals surface area contributed by atoms with Gasteiger partial charge in [0.05, 0.1) is 0 Å². The minimum absolute atomic E-state index is 0.110. The standard InChI is InChI=1S/C13H18N6O2S/c1-2-10-15-11(21-18-10)7-9-3-5-19(6-4-9)13(20)16-12-17-14-8-22-12/h8-9H,2-7H2,1H3,(H,16,17,20). The summed E-state index contributed by atoms with van der Waals surface area (Å²) in [5.41, 5.74) is 1.59. The second-order valence-electron chi connectivity index (χ2n) is 5.27. The Labute approximate surface area is 131 Å². The summed E-state index contributed by atoms with van der Waals surface area (Å²) < 4.78 is 5.23. The lowest BCUT2D eigenvalue weighted by atomic mass is 9.94. The molecule has 118 valence electrons. The number of likely N-dealkylation sites (tertiary alicyclic amines) is 1. The van der Waals surface area contributed by atoms with Crippen LogP contribution in [0.1, 0.15) is 31.5 Å². The largest absolute Gasteiger partial charge is 0.339 e. The summed E-state index contributed by atoms with van der Waals surface area (Å²) in [5, 5.41) is 14.7. The molecular formula is C13H18N6O2S. The Bertz CT molecular complexity index is 606. The fourth-order valence-corrected chi connectivity index (χ4v) is 2.94. The van der Waals surface area contributed by atoms with Gasteiger partial charge < -0.3 is 9.42 Å². The fourth-order valence-electron chi connectivity index (χ4n) is 2.50. The first-order valence-corrected chi connectivity index (χ1v) is 8.26. The van der Waals surface area contributed by atoms with E-state index in [0.29, 0.717) is 16.9 Å². The first kappa shape index (κ1) is 14.9. The van der Waals surface area contributed by atoms with Gasteiger partial charge in [0.2, 0.25) is 11.0 Å². The molecule has 1 aliphatic heterocycles. The molecule has 1 N–H and O–H groups in total. The van der Waals surface area contributed by atoms with Crippen LogP contribution in [0.3, 0.4) is 0 Å². The van der Waals surface area contributed by atoms with Crippen LogP contribution < -0.4 is 5.32 Å². The smallest absolute Gasteiger partial charge is 0.323 e. The van der Waals surface area contributed by atoms with E-state index in [-0.39, 0.29) is 6.03 Å². The van der Waals surface area contributed by atoms with Crippen LogP contribution in [-0.2, 0) is 12.8 Å². The molecule has 0 radical (unpaired) electrons. The zero-order valence-electron chi connectivity index (χ0n) is 12.4. The van der Waals surface area contributed by atoms with Crippen molar-refractivity contribution >= 4 is 22.5 Å². The summed E-state index contributed by atoms with van der Waals surface area (Å²) in [7, 11) is 0. The number of aromatic nitrogens is 4. The van der Waals surface area contributed by atoms with E-state index in [0.717, 1.165) is 44.6 Å². The van der Waals surface area contributed by atoms with E-state index in [9.17, 15) is 4.79 Å². The van der Waals surface area contributed by atoms with Crippen LogP contribution in [-0.4, -0.2) is 44.4 Å². The highest BCUT2D eigenvalue weighted by atomic mass is 32.1. The number of carbonyl (C=O) groups excluding carboxylic acids is 1. The summed E-state index contributed by atoms with van der Waals surface area (Å²) in [6.45, 7) is 3.46. The van der Waals surface area contributed by atoms with E-state index in [1.807, 2.05) is 11.8 Å². The van der Waals surface area contributed by atoms with Gasteiger partial charge in [0.25, 0.3) is 0 Å². The molecule has 0 unspecified atom stereocenters. The van der Waals surface area contributed by atoms with E-state index in [1.165, 1.54) is 11.3 Å². The maximum absolute atomic E-state index is 12.1. The van der Waals surface area contributed by atoms with E-state index in [1.54, 1.807) is 5.51 Å². The molecular weight excluding hydrogens is 304 g/mol. The van der Waals surface area contributed by atoms with Crippen molar-refractivity contribution < 1.29 is 9.32 Å². The van der Waals surface area contributed by atoms with Gasteiger partial charge in [0.15, 0.2) is 5.82 Å². The van der Waals surface area contributed by atoms with E-state index in [4.69, 9.17) is 4.52 Å². The first-order chi connectivity index (χ1) is 10.7. The number of rotatable bonds is 4. The lowest BCUT2D eigenvalue weighted by Crippen LogP contribution is -2.41. The second kappa shape index (κ2) is 6.82. The van der Waals surface area contributed by atoms with Crippen molar-refractivity contribution in [2.75, 3.05) is 18.4 Å². The Morgan fingerprint density at radius 3 is 2.95 bits per heavy atom. The van der Waals surface area contributed by atoms with Crippen LogP contribution in [0.2, 0.25) is 0 Å². The summed E-state index contributed by atoms with van der Waals surface area (Å²) in [6.07, 6.45) is 3.45. The number of amides is 2. The van der Waals surface area contributed by atoms with Gasteiger partial charge in [-0.1, -0.05) is 23.4 Å². The van der Waals surface area contributed by atoms with Crippen molar-refractivity contribution in [2.45, 2.75) is 32.6 Å². The van der Waals surface area contributed by atoms with Crippen LogP contribution in [0, 0.1) is 5.92 Å². The molecule has 0 spiro atoms. The molecule has 0 saturated carbocycles. The number of carbonyl (C=O) groups is 1. The Hall–Kier alpha value is -2.03. The van der Waals surface area contributed by atoms with Crippen molar-refractivity contribution in [3.8, 4) is 0 Å². The van der Waals surface area contributed by atoms with Gasteiger partial charge in [-0.3, -0.25) is 5.32 Å². The lowest BCUT2D eigenvalue weighted by Gasteiger charge is -2.31. The first-order valence-electron chi connectivity index (χ1n) is 7.38. The number of anilines is 1. The van der Waals surface area contributed by atoms with E-state index >= 15 is 0 Å². The van der Waals surface area contributed by atoms with Crippen molar-refractivity contribution in [2.24, 2.45) is 5.92 Å². The third-order valence-corrected chi connectivity index (χ3v) is 4.37. The van der Waals surface area contributed by atoms with E-state index in [2.05, 4.69) is 25.7 Å². The lowest BCUT2D eigenvalue weighted by molar-refractivity contribution is 0.179. The van der Waals surface area contributed by atoms with Crippen LogP contribution in [0.15, 0.2) is 10.0 Å². The number of hydrogen-bond donors (Lipinski definition) is 1. The van der Waals surface area contributed by atoms with Crippen molar-refractivity contribution in [3.63, 3.8) is 0 Å². The molecule has 1 fully saturated rings. The molecule has 8 nitrogen and oxygen atoms in total. The molecule has 2 aromatic rings. The van der Waals surface area contributed by atoms with Gasteiger partial charge in [-0.05, 0) is 18.8 Å². The van der Waals surface area contributed by atoms with Crippen LogP contribution >= 0.6 is 11.3 Å². The van der Waals surface area contributed by atoms with Gasteiger partial charge in [0, 0.05) is 25.9 Å². The maximum atomic E-state index is 12.1. The topological polar surface area (TPSA) is 97.0 Å². The molecule has 3 heterocycles. The number of urea groups is 1. The van der Waals surface area contributed by atoms with Gasteiger partial charge in [0.1, 0.15) is 5.51 Å². The molecule has 0 bridgehead atoms. The molecule has 0 atom stereocenters. The average molecular weight is 322 g/mol. The maximum Gasteiger partial charge on any atom is 0.323 e. The third kappa shape index (κ3) is 3.59. The Morgan fingerprint density at radius 1 is 1.50 bits per heavy atom. The predicted molar refractivity (Wildman–Crippen MR) is 80.6 cm³/mol. The summed E-state index contributed by atoms with van der Waals surface area (Å²) in [4.78, 5) is 18.2. The molecule has 22 heavy (non-hydrogen) atoms. The zero-order valence-corrected chi connectivity index (χ0v) is 13.2. The number of hydrogen-bond acceptors (Lipinski definition) is 7. The van der Waals surface area contributed by atoms with Gasteiger partial charge >= 0.3 is 6.03 Å². The molecule has 2 amide bonds. The minimum Gasteiger partial charge on any atom is -0.339 e. The molecule has 2 aromatic heterocycles. The second-order valence-corrected chi connectivity index (χ2v) is 6.10. The molecule has 9 heteroatoms. The minimum atomic E-state index is -0.110. The molecule has 0 aliphatic carbocycles. The van der Waals surface area contributed by atoms with Crippen molar-refractivity contribution in [1.82, 2.24) is 25.2 Å². The summed E-state index contributed by atoms with van der Waals surface area (Å²) in [6, 6.07) is -0.110. The summed E-state index contributed by atoms with van der Waals surface area (Å²) >= 11 is 1.31. The van der Waals surface area contributed by atoms with Crippen LogP contribution in [0.4, 0.5) is 9.93 Å². The Balaban J connectivity index is 1.46. The average Bonchev–Trinajstić information content (AvgIpc) is 3.19. The monoisotopic (exact) mass is 322 g/mol. The highest BCUT2D eigenvalue weighted by Gasteiger charge is 2.24. The van der Waals surface area contributed by atoms with E-state index < -0.39 is 0 Å². The fraction of sp³-hybridized carbons (Fsp3) is 0.615. The highest BCUT2D eigenvalue weighted by Crippen LogP contribution is 2.22.